The van der Waals surface area contributed by atoms with Gasteiger partial charge in [-0.15, -0.1) is 0 Å². The van der Waals surface area contributed by atoms with Crippen LogP contribution in [0.2, 0.25) is 0 Å². The maximum atomic E-state index is 12.2. The minimum absolute atomic E-state index is 0.0395. The van der Waals surface area contributed by atoms with Gasteiger partial charge in [0.1, 0.15) is 11.5 Å². The summed E-state index contributed by atoms with van der Waals surface area (Å²) in [6.45, 7) is 0.396. The van der Waals surface area contributed by atoms with Gasteiger partial charge in [0, 0.05) is 5.92 Å². The van der Waals surface area contributed by atoms with Gasteiger partial charge in [-0.25, -0.2) is 0 Å². The Morgan fingerprint density at radius 3 is 2.57 bits per heavy atom. The Bertz CT molecular complexity index is 695. The molecule has 1 fully saturated rings. The number of hydrogen-bond donors (Lipinski definition) is 1. The quantitative estimate of drug-likeness (QED) is 0.815. The van der Waals surface area contributed by atoms with Crippen molar-refractivity contribution >= 4 is 5.97 Å². The lowest BCUT2D eigenvalue weighted by Crippen LogP contribution is -2.46. The number of carbonyl (C=O) groups is 1. The van der Waals surface area contributed by atoms with Crippen molar-refractivity contribution in [3.05, 3.63) is 71.3 Å². The van der Waals surface area contributed by atoms with Crippen molar-refractivity contribution in [3.8, 4) is 0 Å². The molecule has 1 saturated heterocycles. The number of benzene rings is 2. The molecule has 0 saturated carbocycles. The fraction of sp³-hybridized carbons (Fsp3) is 0.278. The summed E-state index contributed by atoms with van der Waals surface area (Å²) >= 11 is 0. The van der Waals surface area contributed by atoms with E-state index in [4.69, 9.17) is 4.74 Å². The molecule has 1 heterocycles. The van der Waals surface area contributed by atoms with Gasteiger partial charge in [-0.3, -0.25) is 4.79 Å². The average molecular weight is 280 g/mol. The van der Waals surface area contributed by atoms with E-state index in [2.05, 4.69) is 0 Å². The Kier molecular flexibility index (Phi) is 2.66. The van der Waals surface area contributed by atoms with Crippen LogP contribution in [-0.2, 0) is 21.6 Å². The minimum atomic E-state index is -1.30. The van der Waals surface area contributed by atoms with E-state index in [-0.39, 0.29) is 11.9 Å². The maximum absolute atomic E-state index is 12.2. The maximum Gasteiger partial charge on any atom is 0.313 e. The van der Waals surface area contributed by atoms with Crippen LogP contribution in [0.4, 0.5) is 0 Å². The number of rotatable bonds is 1. The highest BCUT2D eigenvalue weighted by molar-refractivity contribution is 5.78. The lowest BCUT2D eigenvalue weighted by molar-refractivity contribution is -0.148. The van der Waals surface area contributed by atoms with E-state index in [0.717, 1.165) is 23.1 Å². The Morgan fingerprint density at radius 1 is 1.05 bits per heavy atom. The molecule has 0 radical (unpaired) electrons. The number of ether oxygens (including phenoxy) is 1. The molecule has 3 atom stereocenters. The topological polar surface area (TPSA) is 46.5 Å². The highest BCUT2D eigenvalue weighted by Crippen LogP contribution is 2.49. The highest BCUT2D eigenvalue weighted by Gasteiger charge is 2.56. The van der Waals surface area contributed by atoms with Crippen LogP contribution in [0.5, 0.6) is 0 Å². The van der Waals surface area contributed by atoms with Crippen molar-refractivity contribution in [1.82, 2.24) is 0 Å². The molecule has 1 N–H and O–H groups in total. The molecule has 3 heteroatoms. The molecule has 0 unspecified atom stereocenters. The molecule has 2 aromatic rings. The fourth-order valence-electron chi connectivity index (χ4n) is 3.80. The van der Waals surface area contributed by atoms with Crippen LogP contribution >= 0.6 is 0 Å². The molecule has 0 spiro atoms. The molecule has 3 nitrogen and oxygen atoms in total. The summed E-state index contributed by atoms with van der Waals surface area (Å²) in [6, 6.07) is 17.3. The van der Waals surface area contributed by atoms with Gasteiger partial charge >= 0.3 is 5.97 Å². The second kappa shape index (κ2) is 4.43. The lowest BCUT2D eigenvalue weighted by Gasteiger charge is -2.41. The minimum Gasteiger partial charge on any atom is -0.465 e. The molecule has 106 valence electrons. The van der Waals surface area contributed by atoms with Gasteiger partial charge in [-0.05, 0) is 23.1 Å². The zero-order chi connectivity index (χ0) is 14.4. The second-order valence-electron chi connectivity index (χ2n) is 5.86. The molecule has 0 aromatic heterocycles. The first-order valence-corrected chi connectivity index (χ1v) is 7.24. The SMILES string of the molecule is O=C1OC[C@H]2Cc3ccccc3[C@](O)(c3ccccc3)[C@@H]12. The zero-order valence-electron chi connectivity index (χ0n) is 11.5. The van der Waals surface area contributed by atoms with Gasteiger partial charge in [-0.2, -0.15) is 0 Å². The summed E-state index contributed by atoms with van der Waals surface area (Å²) in [4.78, 5) is 12.2. The molecular weight excluding hydrogens is 264 g/mol. The molecule has 0 bridgehead atoms. The molecule has 4 rings (SSSR count). The monoisotopic (exact) mass is 280 g/mol. The van der Waals surface area contributed by atoms with E-state index in [1.165, 1.54) is 0 Å². The summed E-state index contributed by atoms with van der Waals surface area (Å²) in [6.07, 6.45) is 0.779. The van der Waals surface area contributed by atoms with Gasteiger partial charge in [0.15, 0.2) is 0 Å². The predicted octanol–water partition coefficient (Wildman–Crippen LogP) is 2.27. The summed E-state index contributed by atoms with van der Waals surface area (Å²) in [5.74, 6) is -0.770. The van der Waals surface area contributed by atoms with Crippen LogP contribution < -0.4 is 0 Å². The average Bonchev–Trinajstić information content (AvgIpc) is 2.90. The molecule has 2 aliphatic rings. The molecule has 21 heavy (non-hydrogen) atoms. The van der Waals surface area contributed by atoms with Crippen molar-refractivity contribution in [2.45, 2.75) is 12.0 Å². The Hall–Kier alpha value is -2.13. The standard InChI is InChI=1S/C18H16O3/c19-17-16-13(11-21-17)10-12-6-4-5-9-15(12)18(16,20)14-7-2-1-3-8-14/h1-9,13,16,20H,10-11H2/t13-,16-,18-/m1/s1. The summed E-state index contributed by atoms with van der Waals surface area (Å²) < 4.78 is 5.25. The Labute approximate surface area is 123 Å². The number of hydrogen-bond acceptors (Lipinski definition) is 3. The predicted molar refractivity (Wildman–Crippen MR) is 77.5 cm³/mol. The van der Waals surface area contributed by atoms with E-state index < -0.39 is 11.5 Å². The molecular formula is C18H16O3. The smallest absolute Gasteiger partial charge is 0.313 e. The number of esters is 1. The Morgan fingerprint density at radius 2 is 1.76 bits per heavy atom. The van der Waals surface area contributed by atoms with Crippen LogP contribution in [0.3, 0.4) is 0 Å². The van der Waals surface area contributed by atoms with E-state index in [9.17, 15) is 9.90 Å². The van der Waals surface area contributed by atoms with Crippen LogP contribution in [0.25, 0.3) is 0 Å². The van der Waals surface area contributed by atoms with E-state index in [1.54, 1.807) is 0 Å². The van der Waals surface area contributed by atoms with Crippen molar-refractivity contribution in [3.63, 3.8) is 0 Å². The second-order valence-corrected chi connectivity index (χ2v) is 5.86. The van der Waals surface area contributed by atoms with E-state index in [0.29, 0.717) is 6.61 Å². The Balaban J connectivity index is 1.98. The molecule has 1 aliphatic heterocycles. The highest BCUT2D eigenvalue weighted by atomic mass is 16.5. The third-order valence-corrected chi connectivity index (χ3v) is 4.74. The van der Waals surface area contributed by atoms with Gasteiger partial charge in [0.2, 0.25) is 0 Å². The third-order valence-electron chi connectivity index (χ3n) is 4.74. The molecule has 0 amide bonds. The summed E-state index contributed by atoms with van der Waals surface area (Å²) in [7, 11) is 0. The summed E-state index contributed by atoms with van der Waals surface area (Å²) in [5, 5.41) is 11.5. The fourth-order valence-corrected chi connectivity index (χ4v) is 3.80. The third kappa shape index (κ3) is 1.67. The zero-order valence-corrected chi connectivity index (χ0v) is 11.5. The van der Waals surface area contributed by atoms with Crippen molar-refractivity contribution in [2.24, 2.45) is 11.8 Å². The van der Waals surface area contributed by atoms with Crippen molar-refractivity contribution in [2.75, 3.05) is 6.61 Å². The van der Waals surface area contributed by atoms with Gasteiger partial charge in [0.25, 0.3) is 0 Å². The number of fused-ring (bicyclic) bond motifs is 2. The first kappa shape index (κ1) is 12.6. The van der Waals surface area contributed by atoms with E-state index >= 15 is 0 Å². The van der Waals surface area contributed by atoms with Crippen LogP contribution in [0.15, 0.2) is 54.6 Å². The molecule has 2 aromatic carbocycles. The van der Waals surface area contributed by atoms with Crippen molar-refractivity contribution in [1.29, 1.82) is 0 Å². The first-order chi connectivity index (χ1) is 10.2. The lowest BCUT2D eigenvalue weighted by atomic mass is 9.64. The van der Waals surface area contributed by atoms with Crippen LogP contribution in [0, 0.1) is 11.8 Å². The normalized spacial score (nSPS) is 30.4. The largest absolute Gasteiger partial charge is 0.465 e. The number of cyclic esters (lactones) is 1. The van der Waals surface area contributed by atoms with Crippen molar-refractivity contribution < 1.29 is 14.6 Å². The van der Waals surface area contributed by atoms with E-state index in [1.807, 2.05) is 54.6 Å². The number of aliphatic hydroxyl groups is 1. The van der Waals surface area contributed by atoms with Crippen LogP contribution in [-0.4, -0.2) is 17.7 Å². The molecule has 1 aliphatic carbocycles. The number of carbonyl (C=O) groups excluding carboxylic acids is 1. The van der Waals surface area contributed by atoms with Gasteiger partial charge in [0.05, 0.1) is 6.61 Å². The van der Waals surface area contributed by atoms with Gasteiger partial charge < -0.3 is 9.84 Å². The first-order valence-electron chi connectivity index (χ1n) is 7.24. The van der Waals surface area contributed by atoms with Crippen LogP contribution in [0.1, 0.15) is 16.7 Å². The van der Waals surface area contributed by atoms with Gasteiger partial charge in [-0.1, -0.05) is 54.6 Å². The summed E-state index contributed by atoms with van der Waals surface area (Å²) in [5.41, 5.74) is 1.39.